The van der Waals surface area contributed by atoms with Crippen LogP contribution in [-0.2, 0) is 0 Å². The van der Waals surface area contributed by atoms with E-state index in [9.17, 15) is 4.79 Å². The van der Waals surface area contributed by atoms with Gasteiger partial charge in [0.15, 0.2) is 0 Å². The summed E-state index contributed by atoms with van der Waals surface area (Å²) in [5, 5.41) is 11.5. The molecule has 5 heteroatoms. The topological polar surface area (TPSA) is 61.8 Å². The largest absolute Gasteiger partial charge is 0.457 e. The number of carbonyl (C=O) groups excluding carboxylic acids is 1. The summed E-state index contributed by atoms with van der Waals surface area (Å²) in [6, 6.07) is 16.3. The number of ether oxygens (including phenoxy) is 1. The molecule has 0 atom stereocenters. The Morgan fingerprint density at radius 3 is 2.33 bits per heavy atom. The Bertz CT molecular complexity index is 570. The van der Waals surface area contributed by atoms with Crippen molar-refractivity contribution >= 4 is 11.7 Å². The molecule has 2 aromatic carbocycles. The van der Waals surface area contributed by atoms with E-state index in [1.54, 1.807) is 31.3 Å². The Morgan fingerprint density at radius 2 is 1.71 bits per heavy atom. The Hall–Kier alpha value is -2.53. The van der Waals surface area contributed by atoms with Crippen LogP contribution < -0.4 is 10.1 Å². The zero-order chi connectivity index (χ0) is 15.1. The molecule has 0 heterocycles. The van der Waals surface area contributed by atoms with Gasteiger partial charge in [-0.05, 0) is 36.4 Å². The van der Waals surface area contributed by atoms with Crippen LogP contribution in [-0.4, -0.2) is 36.2 Å². The fourth-order valence-corrected chi connectivity index (χ4v) is 1.70. The zero-order valence-electron chi connectivity index (χ0n) is 11.8. The van der Waals surface area contributed by atoms with E-state index in [2.05, 4.69) is 5.32 Å². The lowest BCUT2D eigenvalue weighted by Crippen LogP contribution is -2.33. The van der Waals surface area contributed by atoms with Gasteiger partial charge in [0.1, 0.15) is 11.5 Å². The van der Waals surface area contributed by atoms with Crippen molar-refractivity contribution in [3.8, 4) is 11.5 Å². The van der Waals surface area contributed by atoms with E-state index in [0.717, 1.165) is 5.75 Å². The van der Waals surface area contributed by atoms with Gasteiger partial charge in [-0.25, -0.2) is 4.79 Å². The van der Waals surface area contributed by atoms with Gasteiger partial charge in [-0.2, -0.15) is 0 Å². The number of carbonyl (C=O) groups is 1. The third-order valence-corrected chi connectivity index (χ3v) is 2.87. The molecule has 0 unspecified atom stereocenters. The van der Waals surface area contributed by atoms with Crippen LogP contribution in [0.1, 0.15) is 0 Å². The van der Waals surface area contributed by atoms with Gasteiger partial charge >= 0.3 is 6.03 Å². The second-order valence-corrected chi connectivity index (χ2v) is 4.51. The maximum Gasteiger partial charge on any atom is 0.321 e. The van der Waals surface area contributed by atoms with Crippen molar-refractivity contribution in [3.63, 3.8) is 0 Å². The van der Waals surface area contributed by atoms with Gasteiger partial charge in [0.05, 0.1) is 6.61 Å². The molecule has 0 spiro atoms. The number of amides is 2. The van der Waals surface area contributed by atoms with Crippen molar-refractivity contribution in [3.05, 3.63) is 54.6 Å². The number of anilines is 1. The van der Waals surface area contributed by atoms with Crippen molar-refractivity contribution in [1.82, 2.24) is 4.90 Å². The molecule has 0 aliphatic carbocycles. The van der Waals surface area contributed by atoms with Gasteiger partial charge in [-0.1, -0.05) is 18.2 Å². The number of rotatable bonds is 5. The number of likely N-dealkylation sites (N-methyl/N-ethyl adjacent to an activating group) is 1. The van der Waals surface area contributed by atoms with Crippen LogP contribution >= 0.6 is 0 Å². The molecule has 110 valence electrons. The van der Waals surface area contributed by atoms with Gasteiger partial charge < -0.3 is 20.1 Å². The number of benzene rings is 2. The number of nitrogens with zero attached hydrogens (tertiary/aromatic N) is 1. The second kappa shape index (κ2) is 7.31. The van der Waals surface area contributed by atoms with E-state index in [1.165, 1.54) is 4.90 Å². The molecule has 0 fully saturated rings. The molecule has 2 N–H and O–H groups in total. The highest BCUT2D eigenvalue weighted by Crippen LogP contribution is 2.22. The molecule has 2 rings (SSSR count). The summed E-state index contributed by atoms with van der Waals surface area (Å²) in [4.78, 5) is 13.2. The summed E-state index contributed by atoms with van der Waals surface area (Å²) in [6.45, 7) is 0.231. The maximum atomic E-state index is 11.8. The maximum absolute atomic E-state index is 11.8. The quantitative estimate of drug-likeness (QED) is 0.888. The average Bonchev–Trinajstić information content (AvgIpc) is 2.50. The summed E-state index contributed by atoms with van der Waals surface area (Å²) in [5.74, 6) is 1.46. The molecular formula is C16H18N2O3. The predicted octanol–water partition coefficient (Wildman–Crippen LogP) is 2.93. The molecule has 0 saturated heterocycles. The fraction of sp³-hybridized carbons (Fsp3) is 0.188. The van der Waals surface area contributed by atoms with E-state index in [1.807, 2.05) is 30.3 Å². The zero-order valence-corrected chi connectivity index (χ0v) is 11.8. The number of aliphatic hydroxyl groups excluding tert-OH is 1. The summed E-state index contributed by atoms with van der Waals surface area (Å²) in [7, 11) is 1.62. The van der Waals surface area contributed by atoms with E-state index >= 15 is 0 Å². The van der Waals surface area contributed by atoms with Crippen molar-refractivity contribution in [2.75, 3.05) is 25.5 Å². The molecule has 0 aliphatic rings. The molecule has 21 heavy (non-hydrogen) atoms. The number of urea groups is 1. The molecule has 2 aromatic rings. The molecule has 0 saturated carbocycles. The average molecular weight is 286 g/mol. The third-order valence-electron chi connectivity index (χ3n) is 2.87. The highest BCUT2D eigenvalue weighted by Gasteiger charge is 2.07. The smallest absolute Gasteiger partial charge is 0.321 e. The summed E-state index contributed by atoms with van der Waals surface area (Å²) in [5.41, 5.74) is 0.671. The van der Waals surface area contributed by atoms with Crippen molar-refractivity contribution in [2.45, 2.75) is 0 Å². The summed E-state index contributed by atoms with van der Waals surface area (Å²) >= 11 is 0. The first-order valence-electron chi connectivity index (χ1n) is 6.65. The van der Waals surface area contributed by atoms with Crippen LogP contribution in [0.25, 0.3) is 0 Å². The van der Waals surface area contributed by atoms with Gasteiger partial charge in [0, 0.05) is 19.3 Å². The number of para-hydroxylation sites is 1. The van der Waals surface area contributed by atoms with Crippen molar-refractivity contribution in [2.24, 2.45) is 0 Å². The Labute approximate surface area is 123 Å². The van der Waals surface area contributed by atoms with E-state index in [4.69, 9.17) is 9.84 Å². The minimum Gasteiger partial charge on any atom is -0.457 e. The number of aliphatic hydroxyl groups is 1. The monoisotopic (exact) mass is 286 g/mol. The third kappa shape index (κ3) is 4.50. The Kier molecular flexibility index (Phi) is 5.17. The number of nitrogens with one attached hydrogen (secondary N) is 1. The highest BCUT2D eigenvalue weighted by molar-refractivity contribution is 5.89. The van der Waals surface area contributed by atoms with Gasteiger partial charge in [0.2, 0.25) is 0 Å². The lowest BCUT2D eigenvalue weighted by atomic mass is 10.3. The van der Waals surface area contributed by atoms with Crippen LogP contribution in [0, 0.1) is 0 Å². The minimum atomic E-state index is -0.263. The molecule has 0 radical (unpaired) electrons. The lowest BCUT2D eigenvalue weighted by Gasteiger charge is -2.16. The van der Waals surface area contributed by atoms with Crippen molar-refractivity contribution < 1.29 is 14.6 Å². The lowest BCUT2D eigenvalue weighted by molar-refractivity contribution is 0.202. The SMILES string of the molecule is CN(CCO)C(=O)Nc1ccc(Oc2ccccc2)cc1. The van der Waals surface area contributed by atoms with E-state index < -0.39 is 0 Å². The Balaban J connectivity index is 1.94. The van der Waals surface area contributed by atoms with Crippen LogP contribution in [0.3, 0.4) is 0 Å². The van der Waals surface area contributed by atoms with Gasteiger partial charge in [-0.3, -0.25) is 0 Å². The molecule has 5 nitrogen and oxygen atoms in total. The van der Waals surface area contributed by atoms with E-state index in [0.29, 0.717) is 18.0 Å². The minimum absolute atomic E-state index is 0.0617. The standard InChI is InChI=1S/C16H18N2O3/c1-18(11-12-19)16(20)17-13-7-9-15(10-8-13)21-14-5-3-2-4-6-14/h2-10,19H,11-12H2,1H3,(H,17,20). The van der Waals surface area contributed by atoms with Crippen LogP contribution in [0.4, 0.5) is 10.5 Å². The normalized spacial score (nSPS) is 10.0. The first kappa shape index (κ1) is 14.9. The van der Waals surface area contributed by atoms with Crippen LogP contribution in [0.15, 0.2) is 54.6 Å². The number of hydrogen-bond acceptors (Lipinski definition) is 3. The highest BCUT2D eigenvalue weighted by atomic mass is 16.5. The van der Waals surface area contributed by atoms with Crippen LogP contribution in [0.5, 0.6) is 11.5 Å². The fourth-order valence-electron chi connectivity index (χ4n) is 1.70. The molecule has 0 aromatic heterocycles. The van der Waals surface area contributed by atoms with Gasteiger partial charge in [-0.15, -0.1) is 0 Å². The molecular weight excluding hydrogens is 268 g/mol. The van der Waals surface area contributed by atoms with E-state index in [-0.39, 0.29) is 12.6 Å². The first-order valence-corrected chi connectivity index (χ1v) is 6.65. The first-order chi connectivity index (χ1) is 10.2. The van der Waals surface area contributed by atoms with Crippen molar-refractivity contribution in [1.29, 1.82) is 0 Å². The Morgan fingerprint density at radius 1 is 1.10 bits per heavy atom. The summed E-state index contributed by atoms with van der Waals surface area (Å²) < 4.78 is 5.67. The summed E-state index contributed by atoms with van der Waals surface area (Å²) in [6.07, 6.45) is 0. The predicted molar refractivity (Wildman–Crippen MR) is 81.7 cm³/mol. The van der Waals surface area contributed by atoms with Crippen LogP contribution in [0.2, 0.25) is 0 Å². The molecule has 0 aliphatic heterocycles. The van der Waals surface area contributed by atoms with Gasteiger partial charge in [0.25, 0.3) is 0 Å². The number of hydrogen-bond donors (Lipinski definition) is 2. The second-order valence-electron chi connectivity index (χ2n) is 4.51. The molecule has 2 amide bonds. The molecule has 0 bridgehead atoms.